The number of aryl methyl sites for hydroxylation is 2. The second-order valence-electron chi connectivity index (χ2n) is 5.15. The molecule has 0 fully saturated rings. The molecule has 0 radical (unpaired) electrons. The molecule has 5 heteroatoms. The third-order valence-corrected chi connectivity index (χ3v) is 3.76. The van der Waals surface area contributed by atoms with E-state index >= 15 is 0 Å². The van der Waals surface area contributed by atoms with Crippen LogP contribution in [0.5, 0.6) is 0 Å². The van der Waals surface area contributed by atoms with Crippen LogP contribution in [0.15, 0.2) is 61.2 Å². The van der Waals surface area contributed by atoms with Crippen LogP contribution in [0.1, 0.15) is 0 Å². The molecule has 0 amide bonds. The fourth-order valence-corrected chi connectivity index (χ4v) is 2.68. The van der Waals surface area contributed by atoms with Crippen LogP contribution < -0.4 is 19.5 Å². The number of pyridine rings is 2. The van der Waals surface area contributed by atoms with E-state index in [-0.39, 0.29) is 6.98 Å². The summed E-state index contributed by atoms with van der Waals surface area (Å²) >= 11 is 0. The molecule has 0 N–H and O–H groups in total. The van der Waals surface area contributed by atoms with Crippen LogP contribution in [-0.2, 0) is 14.1 Å². The van der Waals surface area contributed by atoms with Crippen LogP contribution in [0.4, 0.5) is 5.82 Å². The second kappa shape index (κ2) is 5.00. The van der Waals surface area contributed by atoms with E-state index in [1.54, 1.807) is 0 Å². The first-order chi connectivity index (χ1) is 9.68. The van der Waals surface area contributed by atoms with Gasteiger partial charge in [-0.1, -0.05) is 12.1 Å². The highest BCUT2D eigenvalue weighted by Crippen LogP contribution is 2.16. The molecule has 20 heavy (non-hydrogen) atoms. The lowest BCUT2D eigenvalue weighted by Crippen LogP contribution is -2.64. The van der Waals surface area contributed by atoms with Gasteiger partial charge >= 0.3 is 6.98 Å². The molecule has 3 rings (SSSR count). The van der Waals surface area contributed by atoms with Crippen LogP contribution in [0, 0.1) is 0 Å². The summed E-state index contributed by atoms with van der Waals surface area (Å²) in [5, 5.41) is 0. The smallest absolute Gasteiger partial charge is 0.372 e. The number of rotatable bonds is 2. The van der Waals surface area contributed by atoms with Crippen molar-refractivity contribution in [2.45, 2.75) is 0 Å². The lowest BCUT2D eigenvalue weighted by molar-refractivity contribution is -0.658. The van der Waals surface area contributed by atoms with E-state index in [1.807, 2.05) is 6.07 Å². The zero-order chi connectivity index (χ0) is 14.1. The monoisotopic (exact) mass is 266 g/mol. The molecule has 1 aliphatic heterocycles. The van der Waals surface area contributed by atoms with Gasteiger partial charge in [-0.05, 0) is 13.1 Å². The summed E-state index contributed by atoms with van der Waals surface area (Å²) in [6, 6.07) is 12.6. The fraction of sp³-hybridized carbons (Fsp3) is 0.200. The Bertz CT molecular complexity index is 656. The van der Waals surface area contributed by atoms with Crippen molar-refractivity contribution in [1.82, 2.24) is 4.81 Å². The van der Waals surface area contributed by atoms with Gasteiger partial charge in [-0.15, -0.1) is 0 Å². The Kier molecular flexibility index (Phi) is 3.18. The summed E-state index contributed by atoms with van der Waals surface area (Å²) in [6.07, 6.45) is 8.41. The first kappa shape index (κ1) is 12.7. The van der Waals surface area contributed by atoms with E-state index in [0.29, 0.717) is 0 Å². The van der Waals surface area contributed by atoms with E-state index in [9.17, 15) is 0 Å². The molecule has 1 aliphatic rings. The Labute approximate surface area is 120 Å². The van der Waals surface area contributed by atoms with Crippen molar-refractivity contribution in [3.8, 4) is 0 Å². The number of hydrogen-bond acceptors (Lipinski definition) is 2. The van der Waals surface area contributed by atoms with Gasteiger partial charge in [0.25, 0.3) is 5.82 Å². The molecule has 0 saturated carbocycles. The maximum absolute atomic E-state index is 2.29. The molecular formula is C15H19BN4+2. The van der Waals surface area contributed by atoms with Crippen LogP contribution in [0.25, 0.3) is 0 Å². The van der Waals surface area contributed by atoms with Gasteiger partial charge in [-0.3, -0.25) is 4.81 Å². The van der Waals surface area contributed by atoms with Crippen LogP contribution >= 0.6 is 0 Å². The van der Waals surface area contributed by atoms with Crippen molar-refractivity contribution in [2.24, 2.45) is 14.1 Å². The summed E-state index contributed by atoms with van der Waals surface area (Å²) in [6.45, 7) is 0.176. The molecule has 0 saturated heterocycles. The van der Waals surface area contributed by atoms with Crippen molar-refractivity contribution in [3.05, 3.63) is 61.2 Å². The standard InChI is InChI=1S/C15H19BN4/c1-17-10-6-4-8-14(17)16-19(3)12-13-20(16)15-9-5-7-11-18(15)2/h4-13H,1-3H3/q+2. The van der Waals surface area contributed by atoms with Crippen molar-refractivity contribution in [1.29, 1.82) is 0 Å². The Balaban J connectivity index is 2.06. The molecule has 4 nitrogen and oxygen atoms in total. The highest BCUT2D eigenvalue weighted by atomic mass is 15.3. The van der Waals surface area contributed by atoms with Crippen molar-refractivity contribution in [3.63, 3.8) is 0 Å². The maximum Gasteiger partial charge on any atom is 0.604 e. The topological polar surface area (TPSA) is 14.2 Å². The Hall–Kier alpha value is -2.30. The summed E-state index contributed by atoms with van der Waals surface area (Å²) in [5.74, 6) is 1.17. The Morgan fingerprint density at radius 3 is 2.30 bits per heavy atom. The molecular weight excluding hydrogens is 247 g/mol. The highest BCUT2D eigenvalue weighted by Gasteiger charge is 2.47. The third-order valence-electron chi connectivity index (χ3n) is 3.76. The Morgan fingerprint density at radius 2 is 1.60 bits per heavy atom. The molecule has 2 aromatic heterocycles. The van der Waals surface area contributed by atoms with Gasteiger partial charge in [0.05, 0.1) is 19.4 Å². The predicted molar refractivity (Wildman–Crippen MR) is 80.0 cm³/mol. The van der Waals surface area contributed by atoms with E-state index in [0.717, 1.165) is 0 Å². The minimum Gasteiger partial charge on any atom is -0.372 e. The molecule has 0 aliphatic carbocycles. The summed E-state index contributed by atoms with van der Waals surface area (Å²) in [4.78, 5) is 4.51. The largest absolute Gasteiger partial charge is 0.604 e. The van der Waals surface area contributed by atoms with Gasteiger partial charge in [-0.2, -0.15) is 0 Å². The first-order valence-electron chi connectivity index (χ1n) is 6.76. The zero-order valence-electron chi connectivity index (χ0n) is 12.1. The lowest BCUT2D eigenvalue weighted by Gasteiger charge is -2.18. The minimum absolute atomic E-state index is 0.176. The molecule has 2 aromatic rings. The van der Waals surface area contributed by atoms with Crippen LogP contribution in [0.2, 0.25) is 0 Å². The summed E-state index contributed by atoms with van der Waals surface area (Å²) in [7, 11) is 6.27. The minimum atomic E-state index is 0.176. The number of anilines is 1. The van der Waals surface area contributed by atoms with Crippen LogP contribution in [0.3, 0.4) is 0 Å². The number of aromatic nitrogens is 2. The van der Waals surface area contributed by atoms with Crippen molar-refractivity contribution in [2.75, 3.05) is 11.9 Å². The fourth-order valence-electron chi connectivity index (χ4n) is 2.68. The first-order valence-corrected chi connectivity index (χ1v) is 6.76. The molecule has 100 valence electrons. The van der Waals surface area contributed by atoms with Gasteiger partial charge < -0.3 is 4.81 Å². The Morgan fingerprint density at radius 1 is 0.900 bits per heavy atom. The highest BCUT2D eigenvalue weighted by molar-refractivity contribution is 6.74. The van der Waals surface area contributed by atoms with E-state index in [1.165, 1.54) is 11.4 Å². The average molecular weight is 266 g/mol. The summed E-state index contributed by atoms with van der Waals surface area (Å²) < 4.78 is 4.31. The van der Waals surface area contributed by atoms with Crippen molar-refractivity contribution >= 4 is 18.4 Å². The quantitative estimate of drug-likeness (QED) is 0.559. The average Bonchev–Trinajstić information content (AvgIpc) is 2.82. The van der Waals surface area contributed by atoms with Gasteiger partial charge in [0.2, 0.25) is 5.59 Å². The molecule has 0 atom stereocenters. The molecule has 0 bridgehead atoms. The van der Waals surface area contributed by atoms with E-state index in [4.69, 9.17) is 0 Å². The van der Waals surface area contributed by atoms with Gasteiger partial charge in [-0.25, -0.2) is 9.13 Å². The van der Waals surface area contributed by atoms with Gasteiger partial charge in [0, 0.05) is 24.4 Å². The van der Waals surface area contributed by atoms with E-state index < -0.39 is 0 Å². The molecule has 0 spiro atoms. The normalized spacial score (nSPS) is 14.2. The van der Waals surface area contributed by atoms with Gasteiger partial charge in [0.15, 0.2) is 6.20 Å². The van der Waals surface area contributed by atoms with Crippen molar-refractivity contribution < 1.29 is 9.13 Å². The lowest BCUT2D eigenvalue weighted by atomic mass is 9.68. The number of hydrogen-bond donors (Lipinski definition) is 0. The van der Waals surface area contributed by atoms with E-state index in [2.05, 4.69) is 95.0 Å². The van der Waals surface area contributed by atoms with Crippen LogP contribution in [-0.4, -0.2) is 18.8 Å². The molecule has 3 heterocycles. The molecule has 0 unspecified atom stereocenters. The maximum atomic E-state index is 2.29. The molecule has 0 aromatic carbocycles. The summed E-state index contributed by atoms with van der Waals surface area (Å²) in [5.41, 5.74) is 1.25. The SMILES string of the molecule is CN1C=CN(c2cccc[n+]2C)B1c1cccc[n+]1C. The number of nitrogens with zero attached hydrogens (tertiary/aromatic N) is 4. The zero-order valence-corrected chi connectivity index (χ0v) is 12.1. The van der Waals surface area contributed by atoms with Gasteiger partial charge in [0.1, 0.15) is 7.05 Å². The predicted octanol–water partition coefficient (Wildman–Crippen LogP) is -0.0460. The third kappa shape index (κ3) is 2.05. The second-order valence-corrected chi connectivity index (χ2v) is 5.15.